The van der Waals surface area contributed by atoms with Gasteiger partial charge in [-0.15, -0.1) is 0 Å². The van der Waals surface area contributed by atoms with Crippen molar-refractivity contribution in [1.29, 1.82) is 0 Å². The van der Waals surface area contributed by atoms with Crippen molar-refractivity contribution in [2.75, 3.05) is 6.26 Å². The molecule has 0 amide bonds. The molecule has 1 unspecified atom stereocenters. The van der Waals surface area contributed by atoms with Crippen LogP contribution >= 0.6 is 0 Å². The third-order valence-electron chi connectivity index (χ3n) is 1.32. The van der Waals surface area contributed by atoms with E-state index in [0.717, 1.165) is 6.26 Å². The monoisotopic (exact) mass is 202 g/mol. The summed E-state index contributed by atoms with van der Waals surface area (Å²) in [4.78, 5) is 7.71. The van der Waals surface area contributed by atoms with Crippen molar-refractivity contribution in [2.24, 2.45) is 0 Å². The van der Waals surface area contributed by atoms with Crippen LogP contribution in [-0.2, 0) is 14.3 Å². The Bertz CT molecular complexity index is 363. The van der Waals surface area contributed by atoms with E-state index in [9.17, 15) is 8.42 Å². The minimum Gasteiger partial charge on any atom is -0.261 e. The van der Waals surface area contributed by atoms with E-state index in [1.165, 1.54) is 18.6 Å². The van der Waals surface area contributed by atoms with E-state index in [-0.39, 0.29) is 0 Å². The summed E-state index contributed by atoms with van der Waals surface area (Å²) in [6, 6.07) is 0. The highest BCUT2D eigenvalue weighted by Crippen LogP contribution is 2.14. The fraction of sp³-hybridized carbons (Fsp3) is 0.429. The van der Waals surface area contributed by atoms with Crippen molar-refractivity contribution in [3.63, 3.8) is 0 Å². The quantitative estimate of drug-likeness (QED) is 0.668. The van der Waals surface area contributed by atoms with Crippen molar-refractivity contribution in [1.82, 2.24) is 9.97 Å². The minimum absolute atomic E-state index is 0.493. The zero-order valence-corrected chi connectivity index (χ0v) is 8.15. The van der Waals surface area contributed by atoms with Crippen LogP contribution in [0.1, 0.15) is 18.7 Å². The van der Waals surface area contributed by atoms with Gasteiger partial charge in [-0.3, -0.25) is 14.2 Å². The molecule has 5 nitrogen and oxygen atoms in total. The molecule has 0 N–H and O–H groups in total. The first-order chi connectivity index (χ1) is 5.99. The molecular weight excluding hydrogens is 192 g/mol. The molecule has 72 valence electrons. The minimum atomic E-state index is -3.44. The predicted octanol–water partition coefficient (Wildman–Crippen LogP) is 0.514. The number of nitrogens with zero attached hydrogens (tertiary/aromatic N) is 2. The molecule has 1 aromatic rings. The van der Waals surface area contributed by atoms with E-state index in [4.69, 9.17) is 4.18 Å². The average molecular weight is 202 g/mol. The first-order valence-corrected chi connectivity index (χ1v) is 5.45. The van der Waals surface area contributed by atoms with E-state index in [0.29, 0.717) is 5.69 Å². The molecule has 0 bridgehead atoms. The highest BCUT2D eigenvalue weighted by molar-refractivity contribution is 7.86. The maximum absolute atomic E-state index is 10.7. The average Bonchev–Trinajstić information content (AvgIpc) is 2.03. The molecule has 0 aliphatic rings. The lowest BCUT2D eigenvalue weighted by Gasteiger charge is -2.08. The Morgan fingerprint density at radius 1 is 1.46 bits per heavy atom. The molecule has 0 aliphatic carbocycles. The SMILES string of the molecule is CC(OS(C)(=O)=O)c1cnccn1. The van der Waals surface area contributed by atoms with Gasteiger partial charge in [0, 0.05) is 12.4 Å². The second-order valence-corrected chi connectivity index (χ2v) is 4.17. The first kappa shape index (κ1) is 10.1. The van der Waals surface area contributed by atoms with E-state index in [1.54, 1.807) is 6.92 Å². The molecule has 0 saturated carbocycles. The number of hydrogen-bond acceptors (Lipinski definition) is 5. The number of aromatic nitrogens is 2. The standard InChI is InChI=1S/C7H10N2O3S/c1-6(12-13(2,10)11)7-5-8-3-4-9-7/h3-6H,1-2H3. The van der Waals surface area contributed by atoms with Gasteiger partial charge < -0.3 is 0 Å². The molecule has 1 aromatic heterocycles. The lowest BCUT2D eigenvalue weighted by Crippen LogP contribution is -2.08. The van der Waals surface area contributed by atoms with Crippen LogP contribution in [-0.4, -0.2) is 24.6 Å². The topological polar surface area (TPSA) is 69.2 Å². The van der Waals surface area contributed by atoms with Crippen LogP contribution in [0.2, 0.25) is 0 Å². The summed E-state index contributed by atoms with van der Waals surface area (Å²) in [6.45, 7) is 1.60. The van der Waals surface area contributed by atoms with Gasteiger partial charge >= 0.3 is 0 Å². The molecule has 1 heterocycles. The fourth-order valence-corrected chi connectivity index (χ4v) is 1.46. The smallest absolute Gasteiger partial charge is 0.261 e. The Morgan fingerprint density at radius 3 is 2.62 bits per heavy atom. The van der Waals surface area contributed by atoms with Crippen LogP contribution in [0, 0.1) is 0 Å². The summed E-state index contributed by atoms with van der Waals surface area (Å²) in [5, 5.41) is 0. The summed E-state index contributed by atoms with van der Waals surface area (Å²) in [5.41, 5.74) is 0.493. The van der Waals surface area contributed by atoms with Gasteiger partial charge in [-0.05, 0) is 6.92 Å². The molecule has 0 fully saturated rings. The molecule has 1 atom stereocenters. The first-order valence-electron chi connectivity index (χ1n) is 3.63. The highest BCUT2D eigenvalue weighted by atomic mass is 32.2. The predicted molar refractivity (Wildman–Crippen MR) is 46.4 cm³/mol. The third-order valence-corrected chi connectivity index (χ3v) is 1.96. The van der Waals surface area contributed by atoms with Gasteiger partial charge in [-0.2, -0.15) is 8.42 Å². The Labute approximate surface area is 76.9 Å². The third kappa shape index (κ3) is 3.47. The van der Waals surface area contributed by atoms with Crippen molar-refractivity contribution in [3.05, 3.63) is 24.3 Å². The fourth-order valence-electron chi connectivity index (χ4n) is 0.832. The Hall–Kier alpha value is -1.01. The van der Waals surface area contributed by atoms with Gasteiger partial charge in [0.15, 0.2) is 0 Å². The van der Waals surface area contributed by atoms with Gasteiger partial charge in [0.25, 0.3) is 10.1 Å². The second kappa shape index (κ2) is 3.80. The normalized spacial score (nSPS) is 14.0. The molecule has 0 aromatic carbocycles. The van der Waals surface area contributed by atoms with Crippen molar-refractivity contribution < 1.29 is 12.6 Å². The van der Waals surface area contributed by atoms with Crippen LogP contribution in [0.3, 0.4) is 0 Å². The van der Waals surface area contributed by atoms with Crippen LogP contribution in [0.4, 0.5) is 0 Å². The van der Waals surface area contributed by atoms with Gasteiger partial charge in [-0.25, -0.2) is 0 Å². The Morgan fingerprint density at radius 2 is 2.15 bits per heavy atom. The maximum atomic E-state index is 10.7. The van der Waals surface area contributed by atoms with Crippen LogP contribution in [0.5, 0.6) is 0 Å². The zero-order chi connectivity index (χ0) is 9.90. The Balaban J connectivity index is 2.76. The molecule has 13 heavy (non-hydrogen) atoms. The molecule has 0 radical (unpaired) electrons. The largest absolute Gasteiger partial charge is 0.265 e. The van der Waals surface area contributed by atoms with E-state index >= 15 is 0 Å². The van der Waals surface area contributed by atoms with Crippen molar-refractivity contribution in [2.45, 2.75) is 13.0 Å². The van der Waals surface area contributed by atoms with Gasteiger partial charge in [0.2, 0.25) is 0 Å². The van der Waals surface area contributed by atoms with Gasteiger partial charge in [-0.1, -0.05) is 0 Å². The summed E-state index contributed by atoms with van der Waals surface area (Å²) in [7, 11) is -3.44. The maximum Gasteiger partial charge on any atom is 0.265 e. The number of rotatable bonds is 3. The summed E-state index contributed by atoms with van der Waals surface area (Å²) in [5.74, 6) is 0. The van der Waals surface area contributed by atoms with Gasteiger partial charge in [0.1, 0.15) is 6.10 Å². The second-order valence-electron chi connectivity index (χ2n) is 2.57. The van der Waals surface area contributed by atoms with Crippen molar-refractivity contribution >= 4 is 10.1 Å². The van der Waals surface area contributed by atoms with E-state index < -0.39 is 16.2 Å². The van der Waals surface area contributed by atoms with Gasteiger partial charge in [0.05, 0.1) is 18.1 Å². The Kier molecular flexibility index (Phi) is 2.94. The summed E-state index contributed by atoms with van der Waals surface area (Å²) in [6.07, 6.45) is 4.87. The zero-order valence-electron chi connectivity index (χ0n) is 7.34. The molecule has 6 heteroatoms. The van der Waals surface area contributed by atoms with E-state index in [1.807, 2.05) is 0 Å². The summed E-state index contributed by atoms with van der Waals surface area (Å²) < 4.78 is 26.2. The van der Waals surface area contributed by atoms with Crippen LogP contribution in [0.25, 0.3) is 0 Å². The highest BCUT2D eigenvalue weighted by Gasteiger charge is 2.13. The molecule has 0 aliphatic heterocycles. The van der Waals surface area contributed by atoms with E-state index in [2.05, 4.69) is 9.97 Å². The van der Waals surface area contributed by atoms with Crippen molar-refractivity contribution in [3.8, 4) is 0 Å². The number of hydrogen-bond donors (Lipinski definition) is 0. The molecule has 0 saturated heterocycles. The summed E-state index contributed by atoms with van der Waals surface area (Å²) >= 11 is 0. The van der Waals surface area contributed by atoms with Crippen LogP contribution in [0.15, 0.2) is 18.6 Å². The molecule has 0 spiro atoms. The molecule has 1 rings (SSSR count). The van der Waals surface area contributed by atoms with Crippen LogP contribution < -0.4 is 0 Å². The lowest BCUT2D eigenvalue weighted by atomic mass is 10.3. The molecular formula is C7H10N2O3S. The lowest BCUT2D eigenvalue weighted by molar-refractivity contribution is 0.231.